The summed E-state index contributed by atoms with van der Waals surface area (Å²) in [5.74, 6) is 0.990. The van der Waals surface area contributed by atoms with Crippen LogP contribution in [0, 0.1) is 0 Å². The number of fused-ring (bicyclic) bond motifs is 2. The third-order valence-electron chi connectivity index (χ3n) is 12.0. The fraction of sp³-hybridized carbons (Fsp3) is 0.0333. The molecule has 0 aliphatic carbocycles. The van der Waals surface area contributed by atoms with Gasteiger partial charge in [-0.25, -0.2) is 0 Å². The van der Waals surface area contributed by atoms with E-state index < -0.39 is 15.8 Å². The number of amides is 2. The Morgan fingerprint density at radius 3 is 1.03 bits per heavy atom. The summed E-state index contributed by atoms with van der Waals surface area (Å²) >= 11 is 0. The Balaban J connectivity index is 0.976. The van der Waals surface area contributed by atoms with Crippen molar-refractivity contribution in [1.29, 1.82) is 0 Å². The summed E-state index contributed by atoms with van der Waals surface area (Å²) in [6, 6.07) is 77.3. The third kappa shape index (κ3) is 8.88. The highest BCUT2D eigenvalue weighted by molar-refractivity contribution is 7.80. The first-order valence-corrected chi connectivity index (χ1v) is 25.0. The van der Waals surface area contributed by atoms with Gasteiger partial charge in [0, 0.05) is 33.6 Å². The van der Waals surface area contributed by atoms with E-state index in [1.54, 1.807) is 14.2 Å². The van der Waals surface area contributed by atoms with Gasteiger partial charge in [-0.15, -0.1) is 0 Å². The summed E-state index contributed by atoms with van der Waals surface area (Å²) in [4.78, 5) is 28.7. The Labute approximate surface area is 398 Å². The molecule has 10 aromatic rings. The second-order valence-corrected chi connectivity index (χ2v) is 20.5. The molecule has 0 aliphatic heterocycles. The minimum absolute atomic E-state index is 0.177. The molecular formula is C60H46N2O4P2. The molecule has 0 atom stereocenters. The van der Waals surface area contributed by atoms with Crippen molar-refractivity contribution in [2.45, 2.75) is 0 Å². The summed E-state index contributed by atoms with van der Waals surface area (Å²) in [7, 11) is 1.33. The monoisotopic (exact) mass is 920 g/mol. The Morgan fingerprint density at radius 2 is 0.691 bits per heavy atom. The number of carbonyl (C=O) groups is 2. The van der Waals surface area contributed by atoms with Gasteiger partial charge in [-0.3, -0.25) is 9.59 Å². The van der Waals surface area contributed by atoms with E-state index in [4.69, 9.17) is 9.47 Å². The van der Waals surface area contributed by atoms with Gasteiger partial charge in [0.25, 0.3) is 11.8 Å². The first kappa shape index (κ1) is 44.0. The number of hydrogen-bond acceptors (Lipinski definition) is 4. The van der Waals surface area contributed by atoms with Crippen LogP contribution in [0.4, 0.5) is 11.4 Å². The highest BCUT2D eigenvalue weighted by atomic mass is 31.1. The summed E-state index contributed by atoms with van der Waals surface area (Å²) < 4.78 is 12.1. The van der Waals surface area contributed by atoms with Crippen molar-refractivity contribution in [3.05, 3.63) is 242 Å². The number of benzene rings is 10. The van der Waals surface area contributed by atoms with E-state index in [1.807, 2.05) is 121 Å². The molecular weight excluding hydrogens is 875 g/mol. The maximum absolute atomic E-state index is 14.3. The van der Waals surface area contributed by atoms with Crippen LogP contribution in [0.2, 0.25) is 0 Å². The summed E-state index contributed by atoms with van der Waals surface area (Å²) in [6.07, 6.45) is 0. The van der Waals surface area contributed by atoms with Gasteiger partial charge in [0.1, 0.15) is 11.5 Å². The Kier molecular flexibility index (Phi) is 12.9. The first-order valence-electron chi connectivity index (χ1n) is 22.3. The van der Waals surface area contributed by atoms with Crippen molar-refractivity contribution >= 4 is 92.4 Å². The molecule has 0 aromatic heterocycles. The average Bonchev–Trinajstić information content (AvgIpc) is 3.39. The largest absolute Gasteiger partial charge is 0.496 e. The van der Waals surface area contributed by atoms with Crippen LogP contribution in [0.5, 0.6) is 11.5 Å². The molecule has 0 heterocycles. The van der Waals surface area contributed by atoms with Crippen molar-refractivity contribution in [3.63, 3.8) is 0 Å². The van der Waals surface area contributed by atoms with Crippen LogP contribution in [0.25, 0.3) is 32.7 Å². The minimum Gasteiger partial charge on any atom is -0.496 e. The van der Waals surface area contributed by atoms with Crippen molar-refractivity contribution in [2.24, 2.45) is 0 Å². The number of nitrogens with one attached hydrogen (secondary N) is 2. The lowest BCUT2D eigenvalue weighted by molar-refractivity contribution is 0.102. The van der Waals surface area contributed by atoms with Crippen LogP contribution in [0.15, 0.2) is 231 Å². The van der Waals surface area contributed by atoms with E-state index in [0.29, 0.717) is 34.0 Å². The Morgan fingerprint density at radius 1 is 0.368 bits per heavy atom. The molecule has 10 aromatic carbocycles. The molecule has 0 bridgehead atoms. The smallest absolute Gasteiger partial charge is 0.256 e. The second kappa shape index (κ2) is 19.9. The quantitative estimate of drug-likeness (QED) is 0.113. The highest BCUT2D eigenvalue weighted by Gasteiger charge is 2.25. The summed E-state index contributed by atoms with van der Waals surface area (Å²) in [5.41, 5.74) is 4.31. The predicted molar refractivity (Wildman–Crippen MR) is 286 cm³/mol. The minimum atomic E-state index is -1.00. The molecule has 2 N–H and O–H groups in total. The normalized spacial score (nSPS) is 11.2. The maximum Gasteiger partial charge on any atom is 0.256 e. The van der Waals surface area contributed by atoms with E-state index in [9.17, 15) is 9.59 Å². The van der Waals surface area contributed by atoms with Gasteiger partial charge in [-0.1, -0.05) is 182 Å². The van der Waals surface area contributed by atoms with Gasteiger partial charge in [0.05, 0.1) is 14.2 Å². The summed E-state index contributed by atoms with van der Waals surface area (Å²) in [6.45, 7) is 0. The number of carbonyl (C=O) groups excluding carboxylic acids is 2. The molecule has 2 amide bonds. The fourth-order valence-corrected chi connectivity index (χ4v) is 13.8. The number of hydrogen-bond donors (Lipinski definition) is 2. The number of anilines is 2. The zero-order valence-electron chi connectivity index (χ0n) is 37.5. The number of ether oxygens (including phenoxy) is 2. The van der Waals surface area contributed by atoms with Crippen molar-refractivity contribution < 1.29 is 19.1 Å². The average molecular weight is 921 g/mol. The van der Waals surface area contributed by atoms with Gasteiger partial charge in [0.2, 0.25) is 0 Å². The zero-order chi connectivity index (χ0) is 46.4. The molecule has 0 aliphatic rings. The summed E-state index contributed by atoms with van der Waals surface area (Å²) in [5, 5.41) is 16.8. The molecule has 330 valence electrons. The van der Waals surface area contributed by atoms with E-state index in [0.717, 1.165) is 43.3 Å². The van der Waals surface area contributed by atoms with E-state index in [-0.39, 0.29) is 11.8 Å². The Hall–Kier alpha value is -7.88. The topological polar surface area (TPSA) is 76.7 Å². The maximum atomic E-state index is 14.3. The van der Waals surface area contributed by atoms with Crippen LogP contribution < -0.4 is 51.9 Å². The third-order valence-corrected chi connectivity index (χ3v) is 17.0. The van der Waals surface area contributed by atoms with Crippen LogP contribution in [0.1, 0.15) is 20.7 Å². The molecule has 0 unspecified atom stereocenters. The van der Waals surface area contributed by atoms with Gasteiger partial charge >= 0.3 is 0 Å². The van der Waals surface area contributed by atoms with E-state index in [2.05, 4.69) is 120 Å². The van der Waals surface area contributed by atoms with E-state index in [1.165, 1.54) is 21.2 Å². The standard InChI is InChI=1S/C60H46N2O4P2/c1-65-53-37-31-41-39-43(61-59(63)51-27-15-17-29-55(51)67(45-19-7-3-8-20-45)46-21-9-4-10-22-46)33-35-49(41)57(53)58-50-36-34-44(40-42(50)32-38-54(58)66-2)62-60(64)52-28-16-18-30-56(52)68(47-23-11-5-12-24-47)48-25-13-6-14-26-48/h3-40H,1-2H3,(H,61,63)(H,62,64). The van der Waals surface area contributed by atoms with Gasteiger partial charge in [-0.05, 0) is 118 Å². The van der Waals surface area contributed by atoms with Crippen molar-refractivity contribution in [3.8, 4) is 22.6 Å². The zero-order valence-corrected chi connectivity index (χ0v) is 39.3. The van der Waals surface area contributed by atoms with Crippen molar-refractivity contribution in [1.82, 2.24) is 0 Å². The lowest BCUT2D eigenvalue weighted by Gasteiger charge is -2.22. The van der Waals surface area contributed by atoms with Crippen LogP contribution in [0.3, 0.4) is 0 Å². The lowest BCUT2D eigenvalue weighted by Crippen LogP contribution is -2.27. The molecule has 0 fully saturated rings. The van der Waals surface area contributed by atoms with Crippen LogP contribution in [-0.4, -0.2) is 26.0 Å². The van der Waals surface area contributed by atoms with Crippen LogP contribution >= 0.6 is 15.8 Å². The Bertz CT molecular complexity index is 3120. The first-order chi connectivity index (χ1) is 33.5. The SMILES string of the molecule is COc1ccc2cc(NC(=O)c3ccccc3P(c3ccccc3)c3ccccc3)ccc2c1-c1c(OC)ccc2cc(NC(=O)c3ccccc3P(c3ccccc3)c3ccccc3)ccc12. The second-order valence-electron chi connectivity index (χ2n) is 16.1. The number of rotatable bonds is 13. The molecule has 0 spiro atoms. The van der Waals surface area contributed by atoms with Gasteiger partial charge in [-0.2, -0.15) is 0 Å². The molecule has 0 saturated carbocycles. The molecule has 10 rings (SSSR count). The number of methoxy groups -OCH3 is 2. The molecule has 6 nitrogen and oxygen atoms in total. The predicted octanol–water partition coefficient (Wildman–Crippen LogP) is 11.7. The molecule has 0 saturated heterocycles. The van der Waals surface area contributed by atoms with Crippen molar-refractivity contribution in [2.75, 3.05) is 24.9 Å². The lowest BCUT2D eigenvalue weighted by atomic mass is 9.91. The fourth-order valence-electron chi connectivity index (χ4n) is 8.91. The molecule has 0 radical (unpaired) electrons. The van der Waals surface area contributed by atoms with Gasteiger partial charge < -0.3 is 20.1 Å². The highest BCUT2D eigenvalue weighted by Crippen LogP contribution is 2.46. The molecule has 8 heteroatoms. The van der Waals surface area contributed by atoms with Crippen LogP contribution in [-0.2, 0) is 0 Å². The van der Waals surface area contributed by atoms with E-state index >= 15 is 0 Å². The van der Waals surface area contributed by atoms with Gasteiger partial charge in [0.15, 0.2) is 0 Å². The molecule has 68 heavy (non-hydrogen) atoms.